The van der Waals surface area contributed by atoms with Gasteiger partial charge in [0, 0.05) is 32.7 Å². The molecule has 1 saturated heterocycles. The van der Waals surface area contributed by atoms with E-state index in [4.69, 9.17) is 4.74 Å². The van der Waals surface area contributed by atoms with E-state index in [1.165, 1.54) is 29.7 Å². The van der Waals surface area contributed by atoms with Crippen LogP contribution in [0.25, 0.3) is 6.08 Å². The highest BCUT2D eigenvalue weighted by molar-refractivity contribution is 5.60. The molecule has 1 aliphatic heterocycles. The zero-order chi connectivity index (χ0) is 17.1. The van der Waals surface area contributed by atoms with Gasteiger partial charge in [0.1, 0.15) is 5.75 Å². The molecule has 3 nitrogen and oxygen atoms in total. The molecular weight excluding hydrogens is 308 g/mol. The largest absolute Gasteiger partial charge is 0.495 e. The number of hydrogen-bond acceptors (Lipinski definition) is 3. The Morgan fingerprint density at radius 1 is 0.880 bits per heavy atom. The van der Waals surface area contributed by atoms with Crippen molar-refractivity contribution < 1.29 is 4.74 Å². The van der Waals surface area contributed by atoms with Crippen LogP contribution < -0.4 is 9.64 Å². The van der Waals surface area contributed by atoms with Crippen molar-refractivity contribution in [3.05, 3.63) is 65.2 Å². The Hall–Kier alpha value is -2.26. The third-order valence-corrected chi connectivity index (χ3v) is 5.36. The Balaban J connectivity index is 1.38. The number of hydrogen-bond donors (Lipinski definition) is 0. The first-order valence-electron chi connectivity index (χ1n) is 9.21. The van der Waals surface area contributed by atoms with E-state index in [1.807, 2.05) is 12.1 Å². The summed E-state index contributed by atoms with van der Waals surface area (Å²) in [6.45, 7) is 5.44. The van der Waals surface area contributed by atoms with Crippen LogP contribution in [0.4, 0.5) is 5.69 Å². The maximum absolute atomic E-state index is 5.52. The molecule has 1 fully saturated rings. The van der Waals surface area contributed by atoms with Gasteiger partial charge in [-0.05, 0) is 36.1 Å². The molecule has 0 N–H and O–H groups in total. The van der Waals surface area contributed by atoms with Gasteiger partial charge in [-0.3, -0.25) is 4.90 Å². The molecular formula is C22H26N2O. The second-order valence-corrected chi connectivity index (χ2v) is 6.94. The Kier molecular flexibility index (Phi) is 4.75. The number of para-hydroxylation sites is 2. The lowest BCUT2D eigenvalue weighted by atomic mass is 9.92. The van der Waals surface area contributed by atoms with Crippen molar-refractivity contribution in [3.8, 4) is 5.75 Å². The minimum absolute atomic E-state index is 0.975. The van der Waals surface area contributed by atoms with Gasteiger partial charge < -0.3 is 9.64 Å². The molecule has 0 aromatic heterocycles. The summed E-state index contributed by atoms with van der Waals surface area (Å²) in [5.74, 6) is 0.975. The van der Waals surface area contributed by atoms with Crippen molar-refractivity contribution in [3.63, 3.8) is 0 Å². The van der Waals surface area contributed by atoms with Crippen molar-refractivity contribution in [2.24, 2.45) is 0 Å². The molecule has 0 spiro atoms. The number of anilines is 1. The van der Waals surface area contributed by atoms with Gasteiger partial charge in [-0.25, -0.2) is 0 Å². The third kappa shape index (κ3) is 3.57. The summed E-state index contributed by atoms with van der Waals surface area (Å²) in [5, 5.41) is 0. The molecule has 0 atom stereocenters. The predicted octanol–water partition coefficient (Wildman–Crippen LogP) is 3.85. The number of nitrogens with zero attached hydrogens (tertiary/aromatic N) is 2. The lowest BCUT2D eigenvalue weighted by Crippen LogP contribution is -2.47. The maximum Gasteiger partial charge on any atom is 0.142 e. The van der Waals surface area contributed by atoms with Crippen LogP contribution in [0.2, 0.25) is 0 Å². The fourth-order valence-corrected chi connectivity index (χ4v) is 3.94. The van der Waals surface area contributed by atoms with E-state index in [-0.39, 0.29) is 0 Å². The first-order valence-corrected chi connectivity index (χ1v) is 9.21. The zero-order valence-electron chi connectivity index (χ0n) is 14.9. The molecule has 2 aliphatic rings. The van der Waals surface area contributed by atoms with Gasteiger partial charge in [-0.2, -0.15) is 0 Å². The monoisotopic (exact) mass is 334 g/mol. The minimum Gasteiger partial charge on any atom is -0.495 e. The zero-order valence-corrected chi connectivity index (χ0v) is 14.9. The summed E-state index contributed by atoms with van der Waals surface area (Å²) in [5.41, 5.74) is 5.70. The molecule has 4 rings (SSSR count). The molecule has 2 aromatic carbocycles. The van der Waals surface area contributed by atoms with Crippen LogP contribution in [0.15, 0.2) is 54.1 Å². The number of aryl methyl sites for hydroxylation is 1. The van der Waals surface area contributed by atoms with E-state index in [0.717, 1.165) is 38.5 Å². The van der Waals surface area contributed by atoms with Crippen molar-refractivity contribution in [2.75, 3.05) is 44.7 Å². The summed E-state index contributed by atoms with van der Waals surface area (Å²) in [4.78, 5) is 5.03. The maximum atomic E-state index is 5.52. The highest BCUT2D eigenvalue weighted by Gasteiger charge is 2.21. The molecule has 25 heavy (non-hydrogen) atoms. The smallest absolute Gasteiger partial charge is 0.142 e. The van der Waals surface area contributed by atoms with Crippen LogP contribution in [-0.4, -0.2) is 44.7 Å². The van der Waals surface area contributed by atoms with E-state index in [1.54, 1.807) is 12.7 Å². The fraction of sp³-hybridized carbons (Fsp3) is 0.364. The van der Waals surface area contributed by atoms with E-state index in [0.29, 0.717) is 0 Å². The second kappa shape index (κ2) is 7.32. The van der Waals surface area contributed by atoms with Gasteiger partial charge in [0.05, 0.1) is 12.8 Å². The molecule has 0 saturated carbocycles. The number of ether oxygens (including phenoxy) is 1. The van der Waals surface area contributed by atoms with Gasteiger partial charge in [-0.15, -0.1) is 0 Å². The molecule has 2 aromatic rings. The summed E-state index contributed by atoms with van der Waals surface area (Å²) >= 11 is 0. The number of rotatable bonds is 4. The van der Waals surface area contributed by atoms with Gasteiger partial charge in [0.25, 0.3) is 0 Å². The Bertz CT molecular complexity index is 760. The number of piperazine rings is 1. The van der Waals surface area contributed by atoms with Crippen LogP contribution in [0, 0.1) is 0 Å². The van der Waals surface area contributed by atoms with Crippen molar-refractivity contribution in [2.45, 2.75) is 12.8 Å². The summed E-state index contributed by atoms with van der Waals surface area (Å²) in [6.07, 6.45) is 4.79. The fourth-order valence-electron chi connectivity index (χ4n) is 3.94. The Morgan fingerprint density at radius 3 is 2.48 bits per heavy atom. The molecule has 1 aliphatic carbocycles. The Morgan fingerprint density at radius 2 is 1.64 bits per heavy atom. The van der Waals surface area contributed by atoms with Crippen molar-refractivity contribution in [1.29, 1.82) is 0 Å². The summed E-state index contributed by atoms with van der Waals surface area (Å²) < 4.78 is 5.52. The van der Waals surface area contributed by atoms with Gasteiger partial charge in [-0.1, -0.05) is 48.0 Å². The molecule has 3 heteroatoms. The first-order chi connectivity index (χ1) is 12.3. The number of fused-ring (bicyclic) bond motifs is 1. The molecule has 1 heterocycles. The van der Waals surface area contributed by atoms with Gasteiger partial charge >= 0.3 is 0 Å². The van der Waals surface area contributed by atoms with E-state index < -0.39 is 0 Å². The standard InChI is InChI=1S/C22H26N2O/c1-25-22-9-5-4-8-21(22)24-14-12-23(13-15-24)17-18-10-11-19-6-2-3-7-20(19)16-18/h2-9,16H,10-15,17H2,1H3. The number of methoxy groups -OCH3 is 1. The highest BCUT2D eigenvalue weighted by Crippen LogP contribution is 2.29. The van der Waals surface area contributed by atoms with Crippen LogP contribution in [-0.2, 0) is 6.42 Å². The summed E-state index contributed by atoms with van der Waals surface area (Å²) in [7, 11) is 1.75. The first kappa shape index (κ1) is 16.2. The topological polar surface area (TPSA) is 15.7 Å². The average Bonchev–Trinajstić information content (AvgIpc) is 2.68. The van der Waals surface area contributed by atoms with E-state index in [9.17, 15) is 0 Å². The Labute approximate surface area is 150 Å². The van der Waals surface area contributed by atoms with Crippen molar-refractivity contribution >= 4 is 11.8 Å². The highest BCUT2D eigenvalue weighted by atomic mass is 16.5. The van der Waals surface area contributed by atoms with Crippen molar-refractivity contribution in [1.82, 2.24) is 4.90 Å². The third-order valence-electron chi connectivity index (χ3n) is 5.36. The molecule has 0 unspecified atom stereocenters. The molecule has 0 amide bonds. The van der Waals surface area contributed by atoms with Crippen LogP contribution in [0.5, 0.6) is 5.75 Å². The van der Waals surface area contributed by atoms with Crippen LogP contribution in [0.3, 0.4) is 0 Å². The predicted molar refractivity (Wildman–Crippen MR) is 104 cm³/mol. The lowest BCUT2D eigenvalue weighted by molar-refractivity contribution is 0.275. The van der Waals surface area contributed by atoms with Crippen LogP contribution >= 0.6 is 0 Å². The lowest BCUT2D eigenvalue weighted by Gasteiger charge is -2.37. The average molecular weight is 334 g/mol. The molecule has 0 radical (unpaired) electrons. The van der Waals surface area contributed by atoms with E-state index >= 15 is 0 Å². The van der Waals surface area contributed by atoms with Crippen LogP contribution in [0.1, 0.15) is 17.5 Å². The molecule has 0 bridgehead atoms. The second-order valence-electron chi connectivity index (χ2n) is 6.94. The normalized spacial score (nSPS) is 17.8. The van der Waals surface area contributed by atoms with E-state index in [2.05, 4.69) is 52.3 Å². The molecule has 130 valence electrons. The SMILES string of the molecule is COc1ccccc1N1CCN(CC2=Cc3ccccc3CC2)CC1. The minimum atomic E-state index is 0.975. The quantitative estimate of drug-likeness (QED) is 0.845. The van der Waals surface area contributed by atoms with Gasteiger partial charge in [0.2, 0.25) is 0 Å². The summed E-state index contributed by atoms with van der Waals surface area (Å²) in [6, 6.07) is 17.1. The van der Waals surface area contributed by atoms with Gasteiger partial charge in [0.15, 0.2) is 0 Å². The number of benzene rings is 2.